The van der Waals surface area contributed by atoms with Crippen LogP contribution in [0.4, 0.5) is 8.78 Å². The van der Waals surface area contributed by atoms with Crippen LogP contribution >= 0.6 is 0 Å². The quantitative estimate of drug-likeness (QED) is 0.791. The summed E-state index contributed by atoms with van der Waals surface area (Å²) in [6.07, 6.45) is 1.89. The molecule has 0 amide bonds. The van der Waals surface area contributed by atoms with Gasteiger partial charge in [-0.05, 0) is 44.4 Å². The zero-order valence-electron chi connectivity index (χ0n) is 15.2. The van der Waals surface area contributed by atoms with Crippen LogP contribution in [0.2, 0.25) is 0 Å². The first kappa shape index (κ1) is 19.1. The van der Waals surface area contributed by atoms with Crippen molar-refractivity contribution in [3.8, 4) is 5.75 Å². The Labute approximate surface area is 156 Å². The summed E-state index contributed by atoms with van der Waals surface area (Å²) in [5.74, 6) is -1.08. The molecule has 1 aromatic rings. The number of Topliss-reactive ketones (excluding diaryl/α,β-unsaturated/α-hetero) is 1. The third-order valence-corrected chi connectivity index (χ3v) is 4.71. The van der Waals surface area contributed by atoms with Crippen LogP contribution in [-0.2, 0) is 14.3 Å². The van der Waals surface area contributed by atoms with Crippen molar-refractivity contribution in [3.05, 3.63) is 52.4 Å². The first-order valence-electron chi connectivity index (χ1n) is 8.88. The molecule has 0 bridgehead atoms. The molecule has 7 heteroatoms. The molecule has 1 aromatic carbocycles. The van der Waals surface area contributed by atoms with Gasteiger partial charge in [0.05, 0.1) is 12.2 Å². The average Bonchev–Trinajstić information content (AvgIpc) is 2.61. The fraction of sp³-hybridized carbons (Fsp3) is 0.400. The Balaban J connectivity index is 2.06. The minimum Gasteiger partial charge on any atom is -0.463 e. The predicted molar refractivity (Wildman–Crippen MR) is 94.2 cm³/mol. The highest BCUT2D eigenvalue weighted by Gasteiger charge is 2.39. The number of hydrogen-bond acceptors (Lipinski definition) is 5. The summed E-state index contributed by atoms with van der Waals surface area (Å²) in [6, 6.07) is 6.03. The van der Waals surface area contributed by atoms with Gasteiger partial charge in [0, 0.05) is 29.3 Å². The van der Waals surface area contributed by atoms with Crippen molar-refractivity contribution in [2.45, 2.75) is 45.6 Å². The molecule has 1 N–H and O–H groups in total. The van der Waals surface area contributed by atoms with E-state index in [-0.39, 0.29) is 18.1 Å². The molecule has 0 saturated carbocycles. The lowest BCUT2D eigenvalue weighted by Gasteiger charge is -2.34. The molecule has 1 heterocycles. The van der Waals surface area contributed by atoms with Gasteiger partial charge in [0.2, 0.25) is 0 Å². The summed E-state index contributed by atoms with van der Waals surface area (Å²) in [7, 11) is 0. The second-order valence-corrected chi connectivity index (χ2v) is 6.43. The van der Waals surface area contributed by atoms with Crippen molar-refractivity contribution in [3.63, 3.8) is 0 Å². The number of dihydropyridines is 1. The normalized spacial score (nSPS) is 19.7. The molecule has 0 unspecified atom stereocenters. The van der Waals surface area contributed by atoms with Crippen molar-refractivity contribution in [2.75, 3.05) is 6.61 Å². The van der Waals surface area contributed by atoms with Crippen LogP contribution in [-0.4, -0.2) is 25.0 Å². The van der Waals surface area contributed by atoms with Crippen molar-refractivity contribution in [1.29, 1.82) is 0 Å². The minimum atomic E-state index is -2.92. The van der Waals surface area contributed by atoms with Crippen molar-refractivity contribution < 1.29 is 27.8 Å². The number of halogens is 2. The monoisotopic (exact) mass is 377 g/mol. The van der Waals surface area contributed by atoms with Gasteiger partial charge in [0.1, 0.15) is 5.75 Å². The third-order valence-electron chi connectivity index (χ3n) is 4.71. The maximum atomic E-state index is 12.7. The van der Waals surface area contributed by atoms with Gasteiger partial charge in [-0.15, -0.1) is 0 Å². The standard InChI is InChI=1S/C20H21F2NO4/c1-3-26-19(25)16-11(2)23-14-5-4-6-15(24)18(14)17(16)12-7-9-13(10-8-12)27-20(21)22/h7-10,17,20,23H,3-6H2,1-2H3/t17-/m0/s1. The Hall–Kier alpha value is -2.70. The smallest absolute Gasteiger partial charge is 0.387 e. The number of carbonyl (C=O) groups is 2. The summed E-state index contributed by atoms with van der Waals surface area (Å²) in [5.41, 5.74) is 3.03. The van der Waals surface area contributed by atoms with E-state index in [0.29, 0.717) is 28.8 Å². The highest BCUT2D eigenvalue weighted by molar-refractivity contribution is 6.03. The highest BCUT2D eigenvalue weighted by atomic mass is 19.3. The Morgan fingerprint density at radius 1 is 1.26 bits per heavy atom. The molecular weight excluding hydrogens is 356 g/mol. The summed E-state index contributed by atoms with van der Waals surface area (Å²) >= 11 is 0. The van der Waals surface area contributed by atoms with E-state index in [1.807, 2.05) is 0 Å². The molecule has 144 valence electrons. The number of ether oxygens (including phenoxy) is 2. The van der Waals surface area contributed by atoms with Gasteiger partial charge in [-0.2, -0.15) is 8.78 Å². The van der Waals surface area contributed by atoms with Crippen molar-refractivity contribution in [2.24, 2.45) is 0 Å². The number of esters is 1. The van der Waals surface area contributed by atoms with Crippen LogP contribution in [0.1, 0.15) is 44.6 Å². The lowest BCUT2D eigenvalue weighted by atomic mass is 9.75. The van der Waals surface area contributed by atoms with Crippen LogP contribution in [0, 0.1) is 0 Å². The Morgan fingerprint density at radius 2 is 1.96 bits per heavy atom. The first-order valence-corrected chi connectivity index (χ1v) is 8.88. The molecule has 0 saturated heterocycles. The predicted octanol–water partition coefficient (Wildman–Crippen LogP) is 3.82. The fourth-order valence-electron chi connectivity index (χ4n) is 3.64. The molecule has 3 rings (SSSR count). The Kier molecular flexibility index (Phi) is 5.58. The first-order chi connectivity index (χ1) is 12.9. The summed E-state index contributed by atoms with van der Waals surface area (Å²) in [6.45, 7) is 0.785. The van der Waals surface area contributed by atoms with Gasteiger partial charge < -0.3 is 14.8 Å². The number of benzene rings is 1. The Morgan fingerprint density at radius 3 is 2.59 bits per heavy atom. The zero-order chi connectivity index (χ0) is 19.6. The van der Waals surface area contributed by atoms with E-state index in [1.54, 1.807) is 26.0 Å². The maximum Gasteiger partial charge on any atom is 0.387 e. The van der Waals surface area contributed by atoms with Crippen LogP contribution < -0.4 is 10.1 Å². The third kappa shape index (κ3) is 3.86. The van der Waals surface area contributed by atoms with E-state index in [9.17, 15) is 18.4 Å². The van der Waals surface area contributed by atoms with E-state index in [2.05, 4.69) is 10.1 Å². The summed E-state index contributed by atoms with van der Waals surface area (Å²) < 4.78 is 34.4. The number of rotatable bonds is 5. The van der Waals surface area contributed by atoms with Gasteiger partial charge in [-0.1, -0.05) is 12.1 Å². The zero-order valence-corrected chi connectivity index (χ0v) is 15.2. The van der Waals surface area contributed by atoms with E-state index >= 15 is 0 Å². The topological polar surface area (TPSA) is 64.6 Å². The molecular formula is C20H21F2NO4. The van der Waals surface area contributed by atoms with Crippen LogP contribution in [0.5, 0.6) is 5.75 Å². The minimum absolute atomic E-state index is 0.0176. The van der Waals surface area contributed by atoms with Crippen LogP contribution in [0.15, 0.2) is 46.8 Å². The van der Waals surface area contributed by atoms with Crippen molar-refractivity contribution >= 4 is 11.8 Å². The molecule has 1 aliphatic carbocycles. The largest absolute Gasteiger partial charge is 0.463 e. The average molecular weight is 377 g/mol. The van der Waals surface area contributed by atoms with Gasteiger partial charge in [-0.25, -0.2) is 4.79 Å². The van der Waals surface area contributed by atoms with Gasteiger partial charge in [0.15, 0.2) is 5.78 Å². The maximum absolute atomic E-state index is 12.7. The van der Waals surface area contributed by atoms with Crippen molar-refractivity contribution in [1.82, 2.24) is 5.32 Å². The molecule has 2 aliphatic rings. The molecule has 27 heavy (non-hydrogen) atoms. The second-order valence-electron chi connectivity index (χ2n) is 6.43. The summed E-state index contributed by atoms with van der Waals surface area (Å²) in [4.78, 5) is 25.3. The number of nitrogens with one attached hydrogen (secondary N) is 1. The van der Waals surface area contributed by atoms with Gasteiger partial charge >= 0.3 is 12.6 Å². The molecule has 0 spiro atoms. The van der Waals surface area contributed by atoms with Crippen LogP contribution in [0.25, 0.3) is 0 Å². The van der Waals surface area contributed by atoms with E-state index in [0.717, 1.165) is 18.5 Å². The molecule has 1 aliphatic heterocycles. The molecule has 5 nitrogen and oxygen atoms in total. The Bertz CT molecular complexity index is 812. The molecule has 1 atom stereocenters. The number of hydrogen-bond donors (Lipinski definition) is 1. The summed E-state index contributed by atoms with van der Waals surface area (Å²) in [5, 5.41) is 3.19. The van der Waals surface area contributed by atoms with E-state index in [4.69, 9.17) is 4.74 Å². The fourth-order valence-corrected chi connectivity index (χ4v) is 3.64. The van der Waals surface area contributed by atoms with Crippen LogP contribution in [0.3, 0.4) is 0 Å². The van der Waals surface area contributed by atoms with Gasteiger partial charge in [0.25, 0.3) is 0 Å². The second kappa shape index (κ2) is 7.90. The molecule has 0 aromatic heterocycles. The highest BCUT2D eigenvalue weighted by Crippen LogP contribution is 2.42. The van der Waals surface area contributed by atoms with E-state index < -0.39 is 18.5 Å². The van der Waals surface area contributed by atoms with E-state index in [1.165, 1.54) is 12.1 Å². The number of ketones is 1. The molecule has 0 radical (unpaired) electrons. The number of alkyl halides is 2. The molecule has 0 fully saturated rings. The SMILES string of the molecule is CCOC(=O)C1=C(C)NC2=C(C(=O)CCC2)[C@H]1c1ccc(OC(F)F)cc1. The van der Waals surface area contributed by atoms with Gasteiger partial charge in [-0.3, -0.25) is 4.79 Å². The lowest BCUT2D eigenvalue weighted by molar-refractivity contribution is -0.138. The number of carbonyl (C=O) groups excluding carboxylic acids is 2. The number of allylic oxidation sites excluding steroid dienone is 3. The lowest BCUT2D eigenvalue weighted by Crippen LogP contribution is -2.34.